The maximum Gasteiger partial charge on any atom is 0.271 e. The largest absolute Gasteiger partial charge is 0.369 e. The molecule has 1 aromatic heterocycles. The Morgan fingerprint density at radius 2 is 1.61 bits per heavy atom. The highest BCUT2D eigenvalue weighted by Crippen LogP contribution is 2.22. The van der Waals surface area contributed by atoms with Crippen molar-refractivity contribution in [3.63, 3.8) is 0 Å². The van der Waals surface area contributed by atoms with Crippen LogP contribution in [0.2, 0.25) is 0 Å². The van der Waals surface area contributed by atoms with Crippen LogP contribution in [0.3, 0.4) is 0 Å². The molecule has 0 radical (unpaired) electrons. The molecule has 0 atom stereocenters. The van der Waals surface area contributed by atoms with Crippen LogP contribution < -0.4 is 10.3 Å². The Morgan fingerprint density at radius 3 is 2.32 bits per heavy atom. The number of amides is 1. The Balaban J connectivity index is 1.15. The van der Waals surface area contributed by atoms with Gasteiger partial charge >= 0.3 is 0 Å². The monoisotopic (exact) mass is 509 g/mol. The number of nitrogens with one attached hydrogen (secondary N) is 1. The number of carbonyl (C=O) groups excluding carboxylic acids is 1. The van der Waals surface area contributed by atoms with Gasteiger partial charge in [0.15, 0.2) is 0 Å². The number of hydrogen-bond donors (Lipinski definition) is 1. The molecule has 7 heteroatoms. The number of halogens is 1. The van der Waals surface area contributed by atoms with Crippen molar-refractivity contribution in [1.29, 1.82) is 0 Å². The first-order chi connectivity index (χ1) is 18.5. The molecule has 0 aliphatic carbocycles. The van der Waals surface area contributed by atoms with E-state index in [0.717, 1.165) is 49.7 Å². The lowest BCUT2D eigenvalue weighted by Gasteiger charge is -2.36. The summed E-state index contributed by atoms with van der Waals surface area (Å²) in [5.41, 5.74) is 8.65. The highest BCUT2D eigenvalue weighted by Gasteiger charge is 2.17. The highest BCUT2D eigenvalue weighted by atomic mass is 19.1. The molecule has 0 bridgehead atoms. The predicted octanol–water partition coefficient (Wildman–Crippen LogP) is 5.32. The van der Waals surface area contributed by atoms with Crippen molar-refractivity contribution >= 4 is 17.8 Å². The Hall–Kier alpha value is -4.23. The first kappa shape index (κ1) is 25.4. The zero-order valence-corrected chi connectivity index (χ0v) is 21.8. The number of rotatable bonds is 7. The van der Waals surface area contributed by atoms with Gasteiger partial charge in [-0.3, -0.25) is 9.69 Å². The van der Waals surface area contributed by atoms with Crippen LogP contribution in [0.5, 0.6) is 0 Å². The molecule has 2 heterocycles. The summed E-state index contributed by atoms with van der Waals surface area (Å²) in [5, 5.41) is 4.15. The topological polar surface area (TPSA) is 52.9 Å². The molecule has 0 saturated carbocycles. The summed E-state index contributed by atoms with van der Waals surface area (Å²) in [6, 6.07) is 26.8. The van der Waals surface area contributed by atoms with Crippen molar-refractivity contribution in [1.82, 2.24) is 14.9 Å². The lowest BCUT2D eigenvalue weighted by molar-refractivity contribution is 0.0955. The second-order valence-corrected chi connectivity index (χ2v) is 9.61. The normalized spacial score (nSPS) is 14.2. The molecule has 4 aromatic rings. The molecule has 194 valence electrons. The van der Waals surface area contributed by atoms with Gasteiger partial charge in [-0.2, -0.15) is 5.10 Å². The molecular formula is C31H32FN5O. The van der Waals surface area contributed by atoms with Gasteiger partial charge in [-0.05, 0) is 61.9 Å². The van der Waals surface area contributed by atoms with E-state index in [4.69, 9.17) is 0 Å². The van der Waals surface area contributed by atoms with Gasteiger partial charge in [-0.25, -0.2) is 9.82 Å². The molecule has 0 spiro atoms. The second-order valence-electron chi connectivity index (χ2n) is 9.61. The molecule has 1 aliphatic heterocycles. The van der Waals surface area contributed by atoms with Crippen LogP contribution in [0.1, 0.15) is 32.9 Å². The molecule has 6 nitrogen and oxygen atoms in total. The number of carbonyl (C=O) groups is 1. The first-order valence-electron chi connectivity index (χ1n) is 12.9. The van der Waals surface area contributed by atoms with Crippen LogP contribution in [-0.2, 0) is 6.54 Å². The quantitative estimate of drug-likeness (QED) is 0.271. The molecule has 1 N–H and O–H groups in total. The number of nitrogens with zero attached hydrogens (tertiary/aromatic N) is 4. The number of aryl methyl sites for hydroxylation is 1. The highest BCUT2D eigenvalue weighted by molar-refractivity contribution is 5.95. The molecule has 0 unspecified atom stereocenters. The van der Waals surface area contributed by atoms with Gasteiger partial charge in [0.1, 0.15) is 5.82 Å². The maximum atomic E-state index is 14.3. The van der Waals surface area contributed by atoms with E-state index in [0.29, 0.717) is 11.3 Å². The number of hydrazone groups is 1. The minimum atomic E-state index is -0.288. The number of anilines is 1. The summed E-state index contributed by atoms with van der Waals surface area (Å²) in [4.78, 5) is 17.5. The number of piperazine rings is 1. The number of hydrogen-bond acceptors (Lipinski definition) is 4. The van der Waals surface area contributed by atoms with Crippen molar-refractivity contribution in [2.24, 2.45) is 5.10 Å². The van der Waals surface area contributed by atoms with Gasteiger partial charge < -0.3 is 9.47 Å². The van der Waals surface area contributed by atoms with Crippen LogP contribution in [0, 0.1) is 19.7 Å². The van der Waals surface area contributed by atoms with Gasteiger partial charge in [0.25, 0.3) is 5.91 Å². The van der Waals surface area contributed by atoms with Gasteiger partial charge in [-0.15, -0.1) is 0 Å². The minimum absolute atomic E-state index is 0.271. The summed E-state index contributed by atoms with van der Waals surface area (Å²) in [6.45, 7) is 8.70. The molecule has 1 amide bonds. The van der Waals surface area contributed by atoms with Crippen LogP contribution in [-0.4, -0.2) is 47.8 Å². The lowest BCUT2D eigenvalue weighted by Crippen LogP contribution is -2.45. The molecule has 38 heavy (non-hydrogen) atoms. The van der Waals surface area contributed by atoms with Crippen LogP contribution >= 0.6 is 0 Å². The Morgan fingerprint density at radius 1 is 0.921 bits per heavy atom. The van der Waals surface area contributed by atoms with Gasteiger partial charge in [0, 0.05) is 60.9 Å². The van der Waals surface area contributed by atoms with E-state index in [1.54, 1.807) is 18.3 Å². The average Bonchev–Trinajstić information content (AvgIpc) is 3.22. The van der Waals surface area contributed by atoms with E-state index >= 15 is 0 Å². The third-order valence-electron chi connectivity index (χ3n) is 7.05. The Labute approximate surface area is 223 Å². The first-order valence-corrected chi connectivity index (χ1v) is 12.9. The molecule has 5 rings (SSSR count). The van der Waals surface area contributed by atoms with Crippen LogP contribution in [0.15, 0.2) is 90.0 Å². The van der Waals surface area contributed by atoms with E-state index in [1.165, 1.54) is 17.3 Å². The summed E-state index contributed by atoms with van der Waals surface area (Å²) >= 11 is 0. The summed E-state index contributed by atoms with van der Waals surface area (Å²) in [5.74, 6) is -0.559. The maximum absolute atomic E-state index is 14.3. The van der Waals surface area contributed by atoms with Crippen LogP contribution in [0.4, 0.5) is 10.1 Å². The van der Waals surface area contributed by atoms with E-state index in [9.17, 15) is 9.18 Å². The third-order valence-corrected chi connectivity index (χ3v) is 7.05. The Kier molecular flexibility index (Phi) is 7.65. The van der Waals surface area contributed by atoms with E-state index in [-0.39, 0.29) is 11.7 Å². The fraction of sp³-hybridized carbons (Fsp3) is 0.226. The van der Waals surface area contributed by atoms with E-state index < -0.39 is 0 Å². The fourth-order valence-electron chi connectivity index (χ4n) is 4.97. The zero-order valence-electron chi connectivity index (χ0n) is 21.8. The lowest BCUT2D eigenvalue weighted by atomic mass is 10.1. The Bertz CT molecular complexity index is 1420. The molecular weight excluding hydrogens is 477 g/mol. The molecule has 1 saturated heterocycles. The number of aromatic nitrogens is 1. The summed E-state index contributed by atoms with van der Waals surface area (Å²) in [7, 11) is 0. The third kappa shape index (κ3) is 5.68. The fourth-order valence-corrected chi connectivity index (χ4v) is 4.97. The van der Waals surface area contributed by atoms with Gasteiger partial charge in [-0.1, -0.05) is 42.5 Å². The average molecular weight is 510 g/mol. The van der Waals surface area contributed by atoms with Crippen molar-refractivity contribution in [3.05, 3.63) is 119 Å². The minimum Gasteiger partial charge on any atom is -0.369 e. The zero-order chi connectivity index (χ0) is 26.5. The van der Waals surface area contributed by atoms with E-state index in [1.807, 2.05) is 60.9 Å². The predicted molar refractivity (Wildman–Crippen MR) is 151 cm³/mol. The van der Waals surface area contributed by atoms with Crippen molar-refractivity contribution in [2.45, 2.75) is 20.4 Å². The molecule has 3 aromatic carbocycles. The van der Waals surface area contributed by atoms with Gasteiger partial charge in [0.2, 0.25) is 0 Å². The van der Waals surface area contributed by atoms with Crippen molar-refractivity contribution < 1.29 is 9.18 Å². The smallest absolute Gasteiger partial charge is 0.271 e. The summed E-state index contributed by atoms with van der Waals surface area (Å²) in [6.07, 6.45) is 1.60. The SMILES string of the molecule is Cc1cc(C=NNC(=O)c2ccc(CN3CCN(c4ccccc4)CC3)cc2)c(C)n1-c1ccccc1F. The second kappa shape index (κ2) is 11.4. The van der Waals surface area contributed by atoms with E-state index in [2.05, 4.69) is 44.6 Å². The number of para-hydroxylation sites is 2. The van der Waals surface area contributed by atoms with Gasteiger partial charge in [0.05, 0.1) is 11.9 Å². The number of benzene rings is 3. The van der Waals surface area contributed by atoms with Crippen molar-refractivity contribution in [3.8, 4) is 5.69 Å². The molecule has 1 fully saturated rings. The van der Waals surface area contributed by atoms with Crippen LogP contribution in [0.25, 0.3) is 5.69 Å². The molecule has 1 aliphatic rings. The van der Waals surface area contributed by atoms with Crippen molar-refractivity contribution in [2.75, 3.05) is 31.1 Å². The standard InChI is InChI=1S/C31H32FN5O/c1-23-20-27(24(2)37(23)30-11-7-6-10-29(30)32)21-33-34-31(38)26-14-12-25(13-15-26)22-35-16-18-36(19-17-35)28-8-4-3-5-9-28/h3-15,20-21H,16-19,22H2,1-2H3,(H,34,38). The summed E-state index contributed by atoms with van der Waals surface area (Å²) < 4.78 is 16.2.